The van der Waals surface area contributed by atoms with Crippen LogP contribution in [-0.4, -0.2) is 18.0 Å². The lowest BCUT2D eigenvalue weighted by atomic mass is 9.84. The lowest BCUT2D eigenvalue weighted by Gasteiger charge is -2.29. The van der Waals surface area contributed by atoms with Crippen LogP contribution in [0, 0.1) is 17.8 Å². The standard InChI is InChI=1S/C24H30N2O/c1-16(22-15-18-12-13-20(22)14-18)26-24(27)17(2)25-23-11-7-6-10-21(23)19-8-4-3-5-9-19/h3-11,16-18,20,22,25H,12-15H2,1-2H3,(H,26,27)/t16-,17-,18-,20-,22+/m0/s1. The third kappa shape index (κ3) is 3.87. The number of hydrogen-bond acceptors (Lipinski definition) is 2. The van der Waals surface area contributed by atoms with Crippen LogP contribution >= 0.6 is 0 Å². The summed E-state index contributed by atoms with van der Waals surface area (Å²) in [5.41, 5.74) is 3.28. The molecule has 2 aromatic carbocycles. The number of para-hydroxylation sites is 1. The highest BCUT2D eigenvalue weighted by Crippen LogP contribution is 2.49. The first-order valence-corrected chi connectivity index (χ1v) is 10.3. The van der Waals surface area contributed by atoms with Crippen LogP contribution in [0.15, 0.2) is 54.6 Å². The molecule has 0 aromatic heterocycles. The number of fused-ring (bicyclic) bond motifs is 2. The van der Waals surface area contributed by atoms with E-state index in [-0.39, 0.29) is 18.0 Å². The van der Waals surface area contributed by atoms with Gasteiger partial charge in [0.1, 0.15) is 6.04 Å². The Morgan fingerprint density at radius 3 is 2.41 bits per heavy atom. The molecule has 5 atom stereocenters. The lowest BCUT2D eigenvalue weighted by Crippen LogP contribution is -2.46. The Kier molecular flexibility index (Phi) is 5.20. The summed E-state index contributed by atoms with van der Waals surface area (Å²) in [7, 11) is 0. The van der Waals surface area contributed by atoms with Gasteiger partial charge in [0.25, 0.3) is 0 Å². The van der Waals surface area contributed by atoms with Crippen molar-refractivity contribution in [3.8, 4) is 11.1 Å². The number of amides is 1. The summed E-state index contributed by atoms with van der Waals surface area (Å²) in [6, 6.07) is 18.5. The molecule has 0 heterocycles. The van der Waals surface area contributed by atoms with Crippen molar-refractivity contribution in [2.75, 3.05) is 5.32 Å². The first kappa shape index (κ1) is 18.1. The van der Waals surface area contributed by atoms with Gasteiger partial charge in [-0.25, -0.2) is 0 Å². The molecule has 1 amide bonds. The molecule has 142 valence electrons. The number of carbonyl (C=O) groups excluding carboxylic acids is 1. The van der Waals surface area contributed by atoms with Gasteiger partial charge in [-0.3, -0.25) is 4.79 Å². The summed E-state index contributed by atoms with van der Waals surface area (Å²) in [6.45, 7) is 4.14. The molecule has 0 radical (unpaired) electrons. The normalized spacial score (nSPS) is 25.8. The van der Waals surface area contributed by atoms with Crippen molar-refractivity contribution >= 4 is 11.6 Å². The highest BCUT2D eigenvalue weighted by molar-refractivity contribution is 5.87. The minimum absolute atomic E-state index is 0.0909. The van der Waals surface area contributed by atoms with Crippen molar-refractivity contribution in [2.45, 2.75) is 51.6 Å². The van der Waals surface area contributed by atoms with E-state index in [0.717, 1.165) is 28.7 Å². The number of carbonyl (C=O) groups is 1. The topological polar surface area (TPSA) is 41.1 Å². The van der Waals surface area contributed by atoms with E-state index in [1.54, 1.807) is 0 Å². The Labute approximate surface area is 162 Å². The van der Waals surface area contributed by atoms with Crippen LogP contribution < -0.4 is 10.6 Å². The fourth-order valence-corrected chi connectivity index (χ4v) is 5.14. The Hall–Kier alpha value is -2.29. The average Bonchev–Trinajstić information content (AvgIpc) is 3.32. The van der Waals surface area contributed by atoms with Gasteiger partial charge in [0.2, 0.25) is 5.91 Å². The smallest absolute Gasteiger partial charge is 0.242 e. The summed E-state index contributed by atoms with van der Waals surface area (Å²) in [5.74, 6) is 2.49. The van der Waals surface area contributed by atoms with Crippen LogP contribution in [0.3, 0.4) is 0 Å². The van der Waals surface area contributed by atoms with Crippen LogP contribution in [0.5, 0.6) is 0 Å². The molecule has 2 aliphatic carbocycles. The van der Waals surface area contributed by atoms with Crippen molar-refractivity contribution < 1.29 is 4.79 Å². The number of hydrogen-bond donors (Lipinski definition) is 2. The van der Waals surface area contributed by atoms with Crippen molar-refractivity contribution in [3.63, 3.8) is 0 Å². The Bertz CT molecular complexity index is 788. The maximum atomic E-state index is 12.8. The third-order valence-corrected chi connectivity index (χ3v) is 6.58. The maximum absolute atomic E-state index is 12.8. The fourth-order valence-electron chi connectivity index (χ4n) is 5.14. The number of rotatable bonds is 6. The van der Waals surface area contributed by atoms with E-state index in [2.05, 4.69) is 35.8 Å². The van der Waals surface area contributed by atoms with E-state index >= 15 is 0 Å². The van der Waals surface area contributed by atoms with E-state index in [1.807, 2.05) is 43.3 Å². The van der Waals surface area contributed by atoms with Crippen molar-refractivity contribution in [1.29, 1.82) is 0 Å². The summed E-state index contributed by atoms with van der Waals surface area (Å²) in [4.78, 5) is 12.8. The molecule has 4 rings (SSSR count). The van der Waals surface area contributed by atoms with E-state index in [1.165, 1.54) is 25.7 Å². The molecule has 0 unspecified atom stereocenters. The predicted octanol–water partition coefficient (Wildman–Crippen LogP) is 5.09. The van der Waals surface area contributed by atoms with Gasteiger partial charge < -0.3 is 10.6 Å². The van der Waals surface area contributed by atoms with Gasteiger partial charge in [0.05, 0.1) is 0 Å². The van der Waals surface area contributed by atoms with Crippen molar-refractivity contribution in [3.05, 3.63) is 54.6 Å². The van der Waals surface area contributed by atoms with Gasteiger partial charge in [-0.15, -0.1) is 0 Å². The quantitative estimate of drug-likeness (QED) is 0.751. The molecule has 2 bridgehead atoms. The van der Waals surface area contributed by atoms with Crippen LogP contribution in [0.25, 0.3) is 11.1 Å². The Balaban J connectivity index is 1.40. The number of anilines is 1. The van der Waals surface area contributed by atoms with Crippen molar-refractivity contribution in [2.24, 2.45) is 17.8 Å². The molecule has 2 aromatic rings. The molecule has 0 saturated heterocycles. The first-order valence-electron chi connectivity index (χ1n) is 10.3. The van der Waals surface area contributed by atoms with Gasteiger partial charge in [0.15, 0.2) is 0 Å². The fraction of sp³-hybridized carbons (Fsp3) is 0.458. The summed E-state index contributed by atoms with van der Waals surface area (Å²) in [5, 5.41) is 6.71. The number of benzene rings is 2. The second-order valence-electron chi connectivity index (χ2n) is 8.41. The van der Waals surface area contributed by atoms with E-state index in [0.29, 0.717) is 5.92 Å². The van der Waals surface area contributed by atoms with Gasteiger partial charge in [-0.05, 0) is 62.5 Å². The van der Waals surface area contributed by atoms with Crippen molar-refractivity contribution in [1.82, 2.24) is 5.32 Å². The largest absolute Gasteiger partial charge is 0.373 e. The second kappa shape index (κ2) is 7.75. The highest BCUT2D eigenvalue weighted by atomic mass is 16.2. The molecule has 2 saturated carbocycles. The summed E-state index contributed by atoms with van der Waals surface area (Å²) in [6.07, 6.45) is 5.43. The van der Waals surface area contributed by atoms with Gasteiger partial charge in [0, 0.05) is 17.3 Å². The van der Waals surface area contributed by atoms with E-state index in [4.69, 9.17) is 0 Å². The molecule has 0 spiro atoms. The maximum Gasteiger partial charge on any atom is 0.242 e. The lowest BCUT2D eigenvalue weighted by molar-refractivity contribution is -0.122. The zero-order valence-corrected chi connectivity index (χ0v) is 16.3. The Morgan fingerprint density at radius 1 is 0.963 bits per heavy atom. The Morgan fingerprint density at radius 2 is 1.70 bits per heavy atom. The van der Waals surface area contributed by atoms with E-state index < -0.39 is 0 Å². The van der Waals surface area contributed by atoms with Gasteiger partial charge >= 0.3 is 0 Å². The molecule has 2 aliphatic rings. The molecule has 2 N–H and O–H groups in total. The summed E-state index contributed by atoms with van der Waals surface area (Å²) < 4.78 is 0. The van der Waals surface area contributed by atoms with Crippen LogP contribution in [0.2, 0.25) is 0 Å². The highest BCUT2D eigenvalue weighted by Gasteiger charge is 2.42. The average molecular weight is 363 g/mol. The molecule has 3 heteroatoms. The molecular weight excluding hydrogens is 332 g/mol. The second-order valence-corrected chi connectivity index (χ2v) is 8.41. The van der Waals surface area contributed by atoms with Gasteiger partial charge in [-0.1, -0.05) is 55.0 Å². The first-order chi connectivity index (χ1) is 13.1. The van der Waals surface area contributed by atoms with E-state index in [9.17, 15) is 4.79 Å². The predicted molar refractivity (Wildman–Crippen MR) is 112 cm³/mol. The zero-order valence-electron chi connectivity index (χ0n) is 16.3. The molecule has 27 heavy (non-hydrogen) atoms. The molecule has 2 fully saturated rings. The summed E-state index contributed by atoms with van der Waals surface area (Å²) >= 11 is 0. The zero-order chi connectivity index (χ0) is 18.8. The molecule has 3 nitrogen and oxygen atoms in total. The van der Waals surface area contributed by atoms with Crippen LogP contribution in [0.4, 0.5) is 5.69 Å². The SMILES string of the molecule is C[C@H](Nc1ccccc1-c1ccccc1)C(=O)N[C@@H](C)[C@H]1C[C@H]2CC[C@H]1C2. The minimum Gasteiger partial charge on any atom is -0.373 e. The minimum atomic E-state index is -0.268. The van der Waals surface area contributed by atoms with Crippen LogP contribution in [0.1, 0.15) is 39.5 Å². The molecule has 0 aliphatic heterocycles. The number of nitrogens with one attached hydrogen (secondary N) is 2. The molecular formula is C24H30N2O. The van der Waals surface area contributed by atoms with Crippen LogP contribution in [-0.2, 0) is 4.79 Å². The monoisotopic (exact) mass is 362 g/mol. The third-order valence-electron chi connectivity index (χ3n) is 6.58. The van der Waals surface area contributed by atoms with Gasteiger partial charge in [-0.2, -0.15) is 0 Å².